The number of halogens is 1. The third-order valence-electron chi connectivity index (χ3n) is 1.70. The molecule has 0 aliphatic carbocycles. The highest BCUT2D eigenvalue weighted by Crippen LogP contribution is 2.17. The Kier molecular flexibility index (Phi) is 1.71. The van der Waals surface area contributed by atoms with E-state index in [0.717, 1.165) is 10.9 Å². The van der Waals surface area contributed by atoms with Gasteiger partial charge in [-0.2, -0.15) is 5.10 Å². The average Bonchev–Trinajstić information content (AvgIpc) is 2.50. The lowest BCUT2D eigenvalue weighted by Crippen LogP contribution is -1.97. The number of hydrogen-bond acceptors (Lipinski definition) is 3. The van der Waals surface area contributed by atoms with Crippen molar-refractivity contribution < 1.29 is 0 Å². The molecule has 0 atom stereocenters. The predicted molar refractivity (Wildman–Crippen MR) is 46.8 cm³/mol. The Morgan fingerprint density at radius 1 is 1.58 bits per heavy atom. The summed E-state index contributed by atoms with van der Waals surface area (Å²) in [6.07, 6.45) is 1.70. The topological polar surface area (TPSA) is 67.6 Å². The molecule has 2 aromatic rings. The van der Waals surface area contributed by atoms with Crippen molar-refractivity contribution >= 4 is 22.6 Å². The van der Waals surface area contributed by atoms with Crippen LogP contribution in [-0.4, -0.2) is 15.2 Å². The molecule has 0 spiro atoms. The summed E-state index contributed by atoms with van der Waals surface area (Å²) in [4.78, 5) is 4.04. The summed E-state index contributed by atoms with van der Waals surface area (Å²) in [7, 11) is 0. The number of fused-ring (bicyclic) bond motifs is 1. The molecule has 2 aromatic heterocycles. The van der Waals surface area contributed by atoms with Crippen molar-refractivity contribution in [3.63, 3.8) is 0 Å². The molecule has 0 unspecified atom stereocenters. The Morgan fingerprint density at radius 3 is 3.17 bits per heavy atom. The Hall–Kier alpha value is -1.13. The van der Waals surface area contributed by atoms with Crippen LogP contribution in [-0.2, 0) is 6.54 Å². The highest BCUT2D eigenvalue weighted by Gasteiger charge is 2.03. The number of hydrogen-bond donors (Lipinski definition) is 2. The fourth-order valence-corrected chi connectivity index (χ4v) is 1.35. The van der Waals surface area contributed by atoms with Crippen molar-refractivity contribution in [3.05, 3.63) is 23.0 Å². The van der Waals surface area contributed by atoms with Crippen LogP contribution in [0.3, 0.4) is 0 Å². The summed E-state index contributed by atoms with van der Waals surface area (Å²) in [5, 5.41) is 7.95. The number of nitrogens with zero attached hydrogens (tertiary/aromatic N) is 2. The lowest BCUT2D eigenvalue weighted by Gasteiger charge is -1.97. The SMILES string of the molecule is NCc1cc(Cl)nc2[nH]ncc12. The standard InChI is InChI=1S/C7H7ClN4/c8-6-1-4(2-9)5-3-10-12-7(5)11-6/h1,3H,2,9H2,(H,10,11,12). The van der Waals surface area contributed by atoms with Gasteiger partial charge in [-0.15, -0.1) is 0 Å². The van der Waals surface area contributed by atoms with Crippen LogP contribution in [0.2, 0.25) is 5.15 Å². The first-order valence-corrected chi connectivity index (χ1v) is 3.87. The van der Waals surface area contributed by atoms with E-state index in [9.17, 15) is 0 Å². The largest absolute Gasteiger partial charge is 0.326 e. The smallest absolute Gasteiger partial charge is 0.157 e. The Morgan fingerprint density at radius 2 is 2.42 bits per heavy atom. The van der Waals surface area contributed by atoms with E-state index in [0.29, 0.717) is 17.3 Å². The summed E-state index contributed by atoms with van der Waals surface area (Å²) in [5.41, 5.74) is 7.16. The van der Waals surface area contributed by atoms with Crippen molar-refractivity contribution in [2.24, 2.45) is 5.73 Å². The summed E-state index contributed by atoms with van der Waals surface area (Å²) in [6, 6.07) is 1.75. The van der Waals surface area contributed by atoms with E-state index in [-0.39, 0.29) is 0 Å². The van der Waals surface area contributed by atoms with E-state index < -0.39 is 0 Å². The molecule has 0 aliphatic heterocycles. The molecule has 12 heavy (non-hydrogen) atoms. The summed E-state index contributed by atoms with van der Waals surface area (Å²) < 4.78 is 0. The van der Waals surface area contributed by atoms with Gasteiger partial charge in [0.15, 0.2) is 5.65 Å². The number of rotatable bonds is 1. The maximum absolute atomic E-state index is 5.75. The van der Waals surface area contributed by atoms with Gasteiger partial charge in [-0.25, -0.2) is 4.98 Å². The van der Waals surface area contributed by atoms with Gasteiger partial charge >= 0.3 is 0 Å². The van der Waals surface area contributed by atoms with Crippen molar-refractivity contribution in [3.8, 4) is 0 Å². The van der Waals surface area contributed by atoms with Crippen LogP contribution in [0, 0.1) is 0 Å². The number of aromatic nitrogens is 3. The number of pyridine rings is 1. The van der Waals surface area contributed by atoms with Crippen molar-refractivity contribution in [1.82, 2.24) is 15.2 Å². The molecule has 2 heterocycles. The normalized spacial score (nSPS) is 10.8. The molecule has 0 bridgehead atoms. The Balaban J connectivity index is 2.80. The van der Waals surface area contributed by atoms with E-state index in [2.05, 4.69) is 15.2 Å². The molecule has 4 nitrogen and oxygen atoms in total. The molecule has 62 valence electrons. The minimum atomic E-state index is 0.437. The highest BCUT2D eigenvalue weighted by molar-refractivity contribution is 6.29. The number of nitrogens with one attached hydrogen (secondary N) is 1. The van der Waals surface area contributed by atoms with Gasteiger partial charge in [0.1, 0.15) is 5.15 Å². The van der Waals surface area contributed by atoms with Gasteiger partial charge < -0.3 is 5.73 Å². The maximum Gasteiger partial charge on any atom is 0.157 e. The minimum Gasteiger partial charge on any atom is -0.326 e. The first-order valence-electron chi connectivity index (χ1n) is 3.50. The van der Waals surface area contributed by atoms with E-state index in [1.807, 2.05) is 0 Å². The molecule has 0 saturated heterocycles. The molecule has 5 heteroatoms. The zero-order valence-corrected chi connectivity index (χ0v) is 6.97. The van der Waals surface area contributed by atoms with Crippen LogP contribution in [0.1, 0.15) is 5.56 Å². The first-order chi connectivity index (χ1) is 5.81. The van der Waals surface area contributed by atoms with Gasteiger partial charge in [0.05, 0.1) is 6.20 Å². The molecule has 2 rings (SSSR count). The molecular formula is C7H7ClN4. The second-order valence-corrected chi connectivity index (χ2v) is 2.83. The van der Waals surface area contributed by atoms with Crippen LogP contribution in [0.5, 0.6) is 0 Å². The zero-order valence-electron chi connectivity index (χ0n) is 6.21. The highest BCUT2D eigenvalue weighted by atomic mass is 35.5. The van der Waals surface area contributed by atoms with Crippen LogP contribution in [0.25, 0.3) is 11.0 Å². The van der Waals surface area contributed by atoms with Crippen molar-refractivity contribution in [1.29, 1.82) is 0 Å². The molecule has 3 N–H and O–H groups in total. The van der Waals surface area contributed by atoms with Gasteiger partial charge in [0, 0.05) is 11.9 Å². The quantitative estimate of drug-likeness (QED) is 0.649. The monoisotopic (exact) mass is 182 g/mol. The van der Waals surface area contributed by atoms with Gasteiger partial charge in [0.2, 0.25) is 0 Å². The van der Waals surface area contributed by atoms with Crippen LogP contribution in [0.4, 0.5) is 0 Å². The van der Waals surface area contributed by atoms with Crippen molar-refractivity contribution in [2.45, 2.75) is 6.54 Å². The predicted octanol–water partition coefficient (Wildman–Crippen LogP) is 1.07. The van der Waals surface area contributed by atoms with Gasteiger partial charge in [-0.3, -0.25) is 5.10 Å². The molecule has 0 radical (unpaired) electrons. The van der Waals surface area contributed by atoms with Crippen LogP contribution in [0.15, 0.2) is 12.3 Å². The second kappa shape index (κ2) is 2.73. The summed E-state index contributed by atoms with van der Waals surface area (Å²) in [6.45, 7) is 0.443. The number of H-pyrrole nitrogens is 1. The van der Waals surface area contributed by atoms with Crippen LogP contribution >= 0.6 is 11.6 Å². The van der Waals surface area contributed by atoms with Gasteiger partial charge in [0.25, 0.3) is 0 Å². The fourth-order valence-electron chi connectivity index (χ4n) is 1.13. The minimum absolute atomic E-state index is 0.437. The third kappa shape index (κ3) is 1.05. The van der Waals surface area contributed by atoms with E-state index >= 15 is 0 Å². The molecule has 0 aromatic carbocycles. The first kappa shape index (κ1) is 7.52. The van der Waals surface area contributed by atoms with Crippen molar-refractivity contribution in [2.75, 3.05) is 0 Å². The molecule has 0 fully saturated rings. The van der Waals surface area contributed by atoms with E-state index in [4.69, 9.17) is 17.3 Å². The number of nitrogens with two attached hydrogens (primary N) is 1. The summed E-state index contributed by atoms with van der Waals surface area (Å²) in [5.74, 6) is 0. The Labute approximate surface area is 73.7 Å². The summed E-state index contributed by atoms with van der Waals surface area (Å²) >= 11 is 5.75. The van der Waals surface area contributed by atoms with E-state index in [1.165, 1.54) is 0 Å². The Bertz CT molecular complexity index is 409. The average molecular weight is 183 g/mol. The molecular weight excluding hydrogens is 176 g/mol. The maximum atomic E-state index is 5.75. The second-order valence-electron chi connectivity index (χ2n) is 2.44. The zero-order chi connectivity index (χ0) is 8.55. The third-order valence-corrected chi connectivity index (χ3v) is 1.89. The van der Waals surface area contributed by atoms with Gasteiger partial charge in [-0.1, -0.05) is 11.6 Å². The molecule has 0 amide bonds. The fraction of sp³-hybridized carbons (Fsp3) is 0.143. The number of aromatic amines is 1. The van der Waals surface area contributed by atoms with Gasteiger partial charge in [-0.05, 0) is 11.6 Å². The lowest BCUT2D eigenvalue weighted by atomic mass is 10.2. The molecule has 0 saturated carbocycles. The van der Waals surface area contributed by atoms with E-state index in [1.54, 1.807) is 12.3 Å². The lowest BCUT2D eigenvalue weighted by molar-refractivity contribution is 1.08. The van der Waals surface area contributed by atoms with Crippen LogP contribution < -0.4 is 5.73 Å². The molecule has 0 aliphatic rings.